The lowest BCUT2D eigenvalue weighted by Gasteiger charge is -2.26. The molecule has 26 heavy (non-hydrogen) atoms. The van der Waals surface area contributed by atoms with Crippen molar-refractivity contribution in [3.63, 3.8) is 0 Å². The van der Waals surface area contributed by atoms with Crippen LogP contribution in [-0.2, 0) is 21.3 Å². The molecule has 1 aromatic heterocycles. The zero-order valence-corrected chi connectivity index (χ0v) is 16.1. The highest BCUT2D eigenvalue weighted by molar-refractivity contribution is 7.84. The molecule has 6 nitrogen and oxygen atoms in total. The molecule has 1 N–H and O–H groups in total. The number of aromatic amines is 1. The van der Waals surface area contributed by atoms with Crippen molar-refractivity contribution in [3.05, 3.63) is 53.6 Å². The lowest BCUT2D eigenvalue weighted by Crippen LogP contribution is -2.36. The van der Waals surface area contributed by atoms with Gasteiger partial charge in [0, 0.05) is 11.6 Å². The molecular formula is C19H22N3O3S+. The summed E-state index contributed by atoms with van der Waals surface area (Å²) in [7, 11) is 6.07. The Morgan fingerprint density at radius 3 is 2.58 bits per heavy atom. The van der Waals surface area contributed by atoms with E-state index < -0.39 is 16.8 Å². The van der Waals surface area contributed by atoms with Crippen LogP contribution in [0.1, 0.15) is 15.9 Å². The molecule has 1 atom stereocenters. The molecule has 136 valence electrons. The van der Waals surface area contributed by atoms with Gasteiger partial charge in [-0.1, -0.05) is 12.1 Å². The van der Waals surface area contributed by atoms with Gasteiger partial charge in [-0.05, 0) is 24.3 Å². The van der Waals surface area contributed by atoms with Crippen molar-refractivity contribution >= 4 is 33.5 Å². The number of hydrogen-bond acceptors (Lipinski definition) is 4. The Morgan fingerprint density at radius 1 is 1.19 bits per heavy atom. The number of aromatic nitrogens is 2. The first kappa shape index (κ1) is 18.3. The summed E-state index contributed by atoms with van der Waals surface area (Å²) in [6.45, 7) is 0. The summed E-state index contributed by atoms with van der Waals surface area (Å²) in [5.41, 5.74) is 3.90. The third-order valence-electron chi connectivity index (χ3n) is 4.09. The van der Waals surface area contributed by atoms with Crippen molar-refractivity contribution in [2.24, 2.45) is 0 Å². The van der Waals surface area contributed by atoms with Crippen molar-refractivity contribution < 1.29 is 13.7 Å². The molecule has 0 aliphatic carbocycles. The first-order valence-corrected chi connectivity index (χ1v) is 9.48. The predicted octanol–water partition coefficient (Wildman–Crippen LogP) is 2.85. The molecule has 0 fully saturated rings. The number of ether oxygens (including phenoxy) is 1. The minimum atomic E-state index is -1.36. The summed E-state index contributed by atoms with van der Waals surface area (Å²) < 4.78 is 18.3. The van der Waals surface area contributed by atoms with E-state index in [9.17, 15) is 9.00 Å². The molecule has 0 saturated heterocycles. The first-order valence-electron chi connectivity index (χ1n) is 8.16. The Balaban J connectivity index is 1.98. The Morgan fingerprint density at radius 2 is 1.92 bits per heavy atom. The SMILES string of the molecule is COC(=O)c1ccc([N+](C)(C)C)c(CS(=O)c2nc3ccccc3[nH]2)c1. The molecular weight excluding hydrogens is 350 g/mol. The number of quaternary nitrogens is 1. The van der Waals surface area contributed by atoms with E-state index in [1.165, 1.54) is 7.11 Å². The van der Waals surface area contributed by atoms with Crippen LogP contribution in [0.5, 0.6) is 0 Å². The minimum absolute atomic E-state index is 0.259. The number of benzene rings is 2. The smallest absolute Gasteiger partial charge is 0.337 e. The average Bonchev–Trinajstić information content (AvgIpc) is 3.04. The molecule has 0 aliphatic heterocycles. The molecule has 7 heteroatoms. The number of nitrogens with zero attached hydrogens (tertiary/aromatic N) is 2. The number of esters is 1. The standard InChI is InChI=1S/C19H22N3O3S/c1-22(2,3)17-10-9-13(18(23)25-4)11-14(17)12-26(24)19-20-15-7-5-6-8-16(15)21-19/h5-11H,12H2,1-4H3,(H,20,21)/q+1. The van der Waals surface area contributed by atoms with Crippen LogP contribution in [0.3, 0.4) is 0 Å². The molecule has 1 heterocycles. The van der Waals surface area contributed by atoms with E-state index >= 15 is 0 Å². The first-order chi connectivity index (χ1) is 12.3. The zero-order valence-electron chi connectivity index (χ0n) is 15.3. The van der Waals surface area contributed by atoms with Crippen LogP contribution in [0.25, 0.3) is 11.0 Å². The zero-order chi connectivity index (χ0) is 18.9. The molecule has 0 aliphatic rings. The van der Waals surface area contributed by atoms with Gasteiger partial charge < -0.3 is 9.72 Å². The summed E-state index contributed by atoms with van der Waals surface area (Å²) >= 11 is 0. The molecule has 0 saturated carbocycles. The van der Waals surface area contributed by atoms with Gasteiger partial charge in [-0.15, -0.1) is 0 Å². The fourth-order valence-electron chi connectivity index (χ4n) is 2.85. The Hall–Kier alpha value is -2.51. The van der Waals surface area contributed by atoms with E-state index in [1.54, 1.807) is 12.1 Å². The molecule has 0 bridgehead atoms. The third kappa shape index (κ3) is 3.68. The van der Waals surface area contributed by atoms with Crippen molar-refractivity contribution in [2.75, 3.05) is 28.3 Å². The lowest BCUT2D eigenvalue weighted by molar-refractivity contribution is 0.0600. The van der Waals surface area contributed by atoms with Crippen molar-refractivity contribution in [2.45, 2.75) is 10.9 Å². The normalized spacial score (nSPS) is 12.9. The maximum absolute atomic E-state index is 12.9. The molecule has 3 rings (SSSR count). The number of methoxy groups -OCH3 is 1. The quantitative estimate of drug-likeness (QED) is 0.552. The maximum Gasteiger partial charge on any atom is 0.337 e. The third-order valence-corrected chi connectivity index (χ3v) is 5.29. The maximum atomic E-state index is 12.9. The summed E-state index contributed by atoms with van der Waals surface area (Å²) in [5.74, 6) is -0.149. The number of hydrogen-bond donors (Lipinski definition) is 1. The predicted molar refractivity (Wildman–Crippen MR) is 104 cm³/mol. The summed E-state index contributed by atoms with van der Waals surface area (Å²) in [6, 6.07) is 13.0. The number of nitrogens with one attached hydrogen (secondary N) is 1. The molecule has 0 amide bonds. The summed E-state index contributed by atoms with van der Waals surface area (Å²) in [6.07, 6.45) is 0. The fourth-order valence-corrected chi connectivity index (χ4v) is 3.92. The van der Waals surface area contributed by atoms with E-state index in [4.69, 9.17) is 4.74 Å². The Labute approximate surface area is 154 Å². The van der Waals surface area contributed by atoms with E-state index in [1.807, 2.05) is 51.5 Å². The average molecular weight is 372 g/mol. The van der Waals surface area contributed by atoms with Gasteiger partial charge in [0.2, 0.25) is 0 Å². The molecule has 1 unspecified atom stereocenters. The van der Waals surface area contributed by atoms with E-state index in [2.05, 4.69) is 9.97 Å². The van der Waals surface area contributed by atoms with Gasteiger partial charge in [0.25, 0.3) is 0 Å². The highest BCUT2D eigenvalue weighted by Crippen LogP contribution is 2.27. The highest BCUT2D eigenvalue weighted by atomic mass is 32.2. The minimum Gasteiger partial charge on any atom is -0.465 e. The molecule has 0 spiro atoms. The Kier molecular flexibility index (Phi) is 4.93. The highest BCUT2D eigenvalue weighted by Gasteiger charge is 2.22. The van der Waals surface area contributed by atoms with Gasteiger partial charge in [0.05, 0.1) is 61.4 Å². The van der Waals surface area contributed by atoms with Crippen LogP contribution < -0.4 is 4.48 Å². The number of para-hydroxylation sites is 2. The van der Waals surface area contributed by atoms with E-state index in [0.29, 0.717) is 15.2 Å². The van der Waals surface area contributed by atoms with Crippen LogP contribution >= 0.6 is 0 Å². The van der Waals surface area contributed by atoms with E-state index in [0.717, 1.165) is 22.3 Å². The van der Waals surface area contributed by atoms with Crippen LogP contribution in [0, 0.1) is 0 Å². The summed E-state index contributed by atoms with van der Waals surface area (Å²) in [4.78, 5) is 19.4. The number of H-pyrrole nitrogens is 1. The van der Waals surface area contributed by atoms with Crippen LogP contribution in [0.4, 0.5) is 5.69 Å². The molecule has 2 aromatic carbocycles. The topological polar surface area (TPSA) is 72.1 Å². The van der Waals surface area contributed by atoms with Gasteiger partial charge in [0.15, 0.2) is 5.16 Å². The monoisotopic (exact) mass is 372 g/mol. The van der Waals surface area contributed by atoms with Gasteiger partial charge in [0.1, 0.15) is 5.69 Å². The lowest BCUT2D eigenvalue weighted by atomic mass is 10.1. The van der Waals surface area contributed by atoms with Gasteiger partial charge in [-0.2, -0.15) is 0 Å². The number of carbonyl (C=O) groups excluding carboxylic acids is 1. The largest absolute Gasteiger partial charge is 0.465 e. The van der Waals surface area contributed by atoms with Crippen molar-refractivity contribution in [3.8, 4) is 0 Å². The second-order valence-corrected chi connectivity index (χ2v) is 8.26. The van der Waals surface area contributed by atoms with Crippen molar-refractivity contribution in [1.82, 2.24) is 14.5 Å². The second kappa shape index (κ2) is 7.01. The fraction of sp³-hybridized carbons (Fsp3) is 0.263. The van der Waals surface area contributed by atoms with Gasteiger partial charge in [-0.25, -0.2) is 9.78 Å². The summed E-state index contributed by atoms with van der Waals surface area (Å²) in [5, 5.41) is 0.432. The van der Waals surface area contributed by atoms with E-state index in [-0.39, 0.29) is 5.75 Å². The molecule has 3 aromatic rings. The van der Waals surface area contributed by atoms with Crippen LogP contribution in [-0.4, -0.2) is 48.4 Å². The van der Waals surface area contributed by atoms with Crippen LogP contribution in [0.2, 0.25) is 0 Å². The number of carbonyl (C=O) groups is 1. The number of fused-ring (bicyclic) bond motifs is 1. The van der Waals surface area contributed by atoms with Gasteiger partial charge >= 0.3 is 5.97 Å². The molecule has 0 radical (unpaired) electrons. The number of rotatable bonds is 5. The number of imidazole rings is 1. The van der Waals surface area contributed by atoms with Crippen molar-refractivity contribution in [1.29, 1.82) is 0 Å². The van der Waals surface area contributed by atoms with Gasteiger partial charge in [-0.3, -0.25) is 8.69 Å². The Bertz CT molecular complexity index is 956. The van der Waals surface area contributed by atoms with Crippen LogP contribution in [0.15, 0.2) is 47.6 Å². The second-order valence-electron chi connectivity index (χ2n) is 6.90.